The van der Waals surface area contributed by atoms with E-state index in [1.165, 1.54) is 13.2 Å². The zero-order valence-electron chi connectivity index (χ0n) is 10.5. The molecule has 0 unspecified atom stereocenters. The third-order valence-electron chi connectivity index (χ3n) is 2.25. The van der Waals surface area contributed by atoms with Crippen molar-refractivity contribution in [3.63, 3.8) is 0 Å². The molecule has 0 aliphatic rings. The number of carbonyl (C=O) groups is 1. The topological polar surface area (TPSA) is 73.9 Å². The van der Waals surface area contributed by atoms with Crippen molar-refractivity contribution < 1.29 is 19.4 Å². The van der Waals surface area contributed by atoms with Gasteiger partial charge in [0.05, 0.1) is 37.9 Å². The summed E-state index contributed by atoms with van der Waals surface area (Å²) in [7, 11) is 4.96. The highest BCUT2D eigenvalue weighted by molar-refractivity contribution is 5.95. The molecule has 0 amide bonds. The first-order valence-electron chi connectivity index (χ1n) is 5.31. The van der Waals surface area contributed by atoms with Gasteiger partial charge in [0.2, 0.25) is 0 Å². The van der Waals surface area contributed by atoms with Gasteiger partial charge in [-0.1, -0.05) is 6.07 Å². The first kappa shape index (κ1) is 13.9. The van der Waals surface area contributed by atoms with Gasteiger partial charge in [0.25, 0.3) is 5.69 Å². The lowest BCUT2D eigenvalue weighted by Gasteiger charge is -2.04. The Labute approximate surface area is 105 Å². The lowest BCUT2D eigenvalue weighted by Crippen LogP contribution is -3.00. The number of nitrogens with one attached hydrogen (secondary N) is 1. The maximum atomic E-state index is 11.5. The molecule has 0 aromatic heterocycles. The number of rotatable bonds is 4. The van der Waals surface area contributed by atoms with Crippen LogP contribution in [-0.4, -0.2) is 32.1 Å². The van der Waals surface area contributed by atoms with Gasteiger partial charge in [-0.05, 0) is 12.1 Å². The number of esters is 1. The van der Waals surface area contributed by atoms with E-state index in [0.29, 0.717) is 5.56 Å². The van der Waals surface area contributed by atoms with Crippen LogP contribution in [0.3, 0.4) is 0 Å². The summed E-state index contributed by atoms with van der Waals surface area (Å²) in [6.07, 6.45) is 3.36. The average Bonchev–Trinajstić information content (AvgIpc) is 2.34. The second kappa shape index (κ2) is 5.92. The molecule has 0 saturated heterocycles. The van der Waals surface area contributed by atoms with Gasteiger partial charge in [-0.3, -0.25) is 10.1 Å². The molecule has 6 nitrogen and oxygen atoms in total. The highest BCUT2D eigenvalue weighted by Gasteiger charge is 2.23. The van der Waals surface area contributed by atoms with Crippen molar-refractivity contribution in [2.75, 3.05) is 21.2 Å². The van der Waals surface area contributed by atoms with Gasteiger partial charge in [0.15, 0.2) is 0 Å². The first-order valence-corrected chi connectivity index (χ1v) is 5.31. The zero-order chi connectivity index (χ0) is 13.7. The van der Waals surface area contributed by atoms with Crippen LogP contribution in [0.5, 0.6) is 0 Å². The van der Waals surface area contributed by atoms with E-state index in [1.54, 1.807) is 24.4 Å². The number of carbonyl (C=O) groups excluding carboxylic acids is 1. The molecule has 0 heterocycles. The fraction of sp³-hybridized carbons (Fsp3) is 0.250. The number of quaternary nitrogens is 1. The Kier molecular flexibility index (Phi) is 4.56. The van der Waals surface area contributed by atoms with Crippen molar-refractivity contribution in [1.29, 1.82) is 0 Å². The Morgan fingerprint density at radius 2 is 2.11 bits per heavy atom. The summed E-state index contributed by atoms with van der Waals surface area (Å²) in [5.41, 5.74) is 0.101. The standard InChI is InChI=1S/C12H14N2O4/c1-13(2)8-7-9-5-4-6-10(12(15)18-3)11(9)14(16)17/h4-8H,1-3H3/p+1/b8-7+. The molecular formula is C12H15N2O4+. The minimum absolute atomic E-state index is 0.0431. The van der Waals surface area contributed by atoms with Gasteiger partial charge in [-0.2, -0.15) is 0 Å². The SMILES string of the molecule is COC(=O)c1cccc(/C=C/[NH+](C)C)c1[N+](=O)[O-]. The quantitative estimate of drug-likeness (QED) is 0.480. The highest BCUT2D eigenvalue weighted by atomic mass is 16.6. The summed E-state index contributed by atoms with van der Waals surface area (Å²) in [4.78, 5) is 23.0. The molecule has 0 atom stereocenters. The second-order valence-corrected chi connectivity index (χ2v) is 3.90. The van der Waals surface area contributed by atoms with Crippen molar-refractivity contribution in [2.24, 2.45) is 0 Å². The summed E-state index contributed by atoms with van der Waals surface area (Å²) in [5.74, 6) is -0.714. The van der Waals surface area contributed by atoms with E-state index >= 15 is 0 Å². The van der Waals surface area contributed by atoms with E-state index in [1.807, 2.05) is 14.1 Å². The van der Waals surface area contributed by atoms with Gasteiger partial charge >= 0.3 is 5.97 Å². The molecule has 0 bridgehead atoms. The number of ether oxygens (including phenoxy) is 1. The molecule has 0 saturated carbocycles. The Hall–Kier alpha value is -2.21. The molecule has 6 heteroatoms. The number of hydrogen-bond donors (Lipinski definition) is 1. The molecule has 0 spiro atoms. The molecule has 1 N–H and O–H groups in total. The van der Waals surface area contributed by atoms with Crippen molar-refractivity contribution in [3.8, 4) is 0 Å². The van der Waals surface area contributed by atoms with Crippen molar-refractivity contribution in [2.45, 2.75) is 0 Å². The molecule has 1 aromatic carbocycles. The van der Waals surface area contributed by atoms with Crippen LogP contribution in [0.25, 0.3) is 6.08 Å². The molecule has 0 aliphatic heterocycles. The number of nitro benzene ring substituents is 1. The number of nitrogens with zero attached hydrogens (tertiary/aromatic N) is 1. The lowest BCUT2D eigenvalue weighted by molar-refractivity contribution is -0.800. The van der Waals surface area contributed by atoms with Crippen LogP contribution in [0.4, 0.5) is 5.69 Å². The Bertz CT molecular complexity index is 495. The summed E-state index contributed by atoms with van der Waals surface area (Å²) in [6, 6.07) is 4.55. The van der Waals surface area contributed by atoms with E-state index in [4.69, 9.17) is 0 Å². The van der Waals surface area contributed by atoms with Crippen LogP contribution in [0.1, 0.15) is 15.9 Å². The van der Waals surface area contributed by atoms with Crippen molar-refractivity contribution >= 4 is 17.7 Å². The van der Waals surface area contributed by atoms with Crippen LogP contribution < -0.4 is 4.90 Å². The van der Waals surface area contributed by atoms with Gasteiger partial charge in [-0.25, -0.2) is 4.79 Å². The summed E-state index contributed by atoms with van der Waals surface area (Å²) in [5, 5.41) is 11.1. The molecule has 0 aliphatic carbocycles. The predicted molar refractivity (Wildman–Crippen MR) is 66.3 cm³/mol. The van der Waals surface area contributed by atoms with Crippen LogP contribution >= 0.6 is 0 Å². The Morgan fingerprint density at radius 3 is 2.61 bits per heavy atom. The number of nitro groups is 1. The first-order chi connectivity index (χ1) is 8.47. The molecule has 0 fully saturated rings. The molecule has 0 radical (unpaired) electrons. The Morgan fingerprint density at radius 1 is 1.44 bits per heavy atom. The van der Waals surface area contributed by atoms with Crippen LogP contribution in [0, 0.1) is 10.1 Å². The fourth-order valence-electron chi connectivity index (χ4n) is 1.43. The number of para-hydroxylation sites is 1. The monoisotopic (exact) mass is 251 g/mol. The smallest absolute Gasteiger partial charge is 0.344 e. The van der Waals surface area contributed by atoms with Crippen LogP contribution in [-0.2, 0) is 4.74 Å². The average molecular weight is 251 g/mol. The molecular weight excluding hydrogens is 236 g/mol. The fourth-order valence-corrected chi connectivity index (χ4v) is 1.43. The third kappa shape index (κ3) is 3.14. The maximum Gasteiger partial charge on any atom is 0.344 e. The van der Waals surface area contributed by atoms with Crippen molar-refractivity contribution in [1.82, 2.24) is 0 Å². The van der Waals surface area contributed by atoms with E-state index in [9.17, 15) is 14.9 Å². The third-order valence-corrected chi connectivity index (χ3v) is 2.25. The number of benzene rings is 1. The highest BCUT2D eigenvalue weighted by Crippen LogP contribution is 2.25. The summed E-state index contributed by atoms with van der Waals surface area (Å²) in [6.45, 7) is 0. The predicted octanol–water partition coefficient (Wildman–Crippen LogP) is 0.497. The van der Waals surface area contributed by atoms with Crippen molar-refractivity contribution in [3.05, 3.63) is 45.6 Å². The van der Waals surface area contributed by atoms with Crippen LogP contribution in [0.2, 0.25) is 0 Å². The number of methoxy groups -OCH3 is 1. The zero-order valence-corrected chi connectivity index (χ0v) is 10.5. The second-order valence-electron chi connectivity index (χ2n) is 3.90. The van der Waals surface area contributed by atoms with E-state index in [0.717, 1.165) is 4.90 Å². The summed E-state index contributed by atoms with van der Waals surface area (Å²) < 4.78 is 4.53. The normalized spacial score (nSPS) is 10.9. The van der Waals surface area contributed by atoms with E-state index in [-0.39, 0.29) is 11.3 Å². The minimum atomic E-state index is -0.714. The minimum Gasteiger partial charge on any atom is -0.465 e. The van der Waals surface area contributed by atoms with Gasteiger partial charge in [-0.15, -0.1) is 0 Å². The number of hydrogen-bond acceptors (Lipinski definition) is 4. The van der Waals surface area contributed by atoms with E-state index in [2.05, 4.69) is 4.74 Å². The molecule has 96 valence electrons. The van der Waals surface area contributed by atoms with Gasteiger partial charge in [0.1, 0.15) is 5.56 Å². The van der Waals surface area contributed by atoms with E-state index < -0.39 is 10.9 Å². The molecule has 18 heavy (non-hydrogen) atoms. The lowest BCUT2D eigenvalue weighted by atomic mass is 10.1. The Balaban J connectivity index is 3.35. The van der Waals surface area contributed by atoms with Gasteiger partial charge in [0, 0.05) is 6.08 Å². The van der Waals surface area contributed by atoms with Gasteiger partial charge < -0.3 is 9.64 Å². The molecule has 1 rings (SSSR count). The summed E-state index contributed by atoms with van der Waals surface area (Å²) >= 11 is 0. The molecule has 1 aromatic rings. The largest absolute Gasteiger partial charge is 0.465 e. The maximum absolute atomic E-state index is 11.5. The van der Waals surface area contributed by atoms with Crippen LogP contribution in [0.15, 0.2) is 24.4 Å².